The van der Waals surface area contributed by atoms with Crippen LogP contribution in [0.3, 0.4) is 0 Å². The van der Waals surface area contributed by atoms with Crippen molar-refractivity contribution in [1.82, 2.24) is 20.0 Å². The molecule has 2 atom stereocenters. The number of oxime groups is 1. The molecule has 1 fully saturated rings. The van der Waals surface area contributed by atoms with Crippen molar-refractivity contribution in [3.8, 4) is 16.9 Å². The van der Waals surface area contributed by atoms with Gasteiger partial charge in [0.05, 0.1) is 18.2 Å². The van der Waals surface area contributed by atoms with Crippen LogP contribution in [-0.2, 0) is 47.5 Å². The van der Waals surface area contributed by atoms with E-state index in [1.807, 2.05) is 0 Å². The Morgan fingerprint density at radius 2 is 2.02 bits per heavy atom. The fourth-order valence-corrected chi connectivity index (χ4v) is 5.54. The third-order valence-corrected chi connectivity index (χ3v) is 8.16. The minimum absolute atomic E-state index is 0.0111. The number of carbonyl (C=O) groups is 3. The van der Waals surface area contributed by atoms with Crippen LogP contribution in [0.25, 0.3) is 11.1 Å². The molecule has 0 saturated carbocycles. The lowest BCUT2D eigenvalue weighted by atomic mass is 9.84. The van der Waals surface area contributed by atoms with Gasteiger partial charge in [-0.05, 0) is 32.5 Å². The lowest BCUT2D eigenvalue weighted by molar-refractivity contribution is -0.772. The third-order valence-electron chi connectivity index (χ3n) is 7.16. The Bertz CT molecular complexity index is 1860. The lowest BCUT2D eigenvalue weighted by Crippen LogP contribution is -2.76. The zero-order chi connectivity index (χ0) is 35.6. The molecule has 1 unspecified atom stereocenters. The molecule has 48 heavy (non-hydrogen) atoms. The zero-order valence-electron chi connectivity index (χ0n) is 25.7. The average molecular weight is 714 g/mol. The highest BCUT2D eigenvalue weighted by Gasteiger charge is 2.57. The van der Waals surface area contributed by atoms with Crippen LogP contribution in [0.2, 0.25) is 0 Å². The summed E-state index contributed by atoms with van der Waals surface area (Å²) in [6.45, 7) is 2.95. The number of nitrogens with two attached hydrogens (primary N) is 3. The number of hydrogen-bond donors (Lipinski definition) is 5. The second-order valence-electron chi connectivity index (χ2n) is 10.8. The molecule has 0 spiro atoms. The van der Waals surface area contributed by atoms with Gasteiger partial charge in [-0.2, -0.15) is 9.35 Å². The fraction of sp³-hybridized carbons (Fsp3) is 0.385. The summed E-state index contributed by atoms with van der Waals surface area (Å²) in [7, 11) is -3.57. The van der Waals surface area contributed by atoms with Crippen molar-refractivity contribution >= 4 is 56.2 Å². The summed E-state index contributed by atoms with van der Waals surface area (Å²) < 4.78 is 61.2. The largest absolute Gasteiger partial charge is 0.724 e. The Kier molecular flexibility index (Phi) is 10.5. The van der Waals surface area contributed by atoms with Gasteiger partial charge in [0.25, 0.3) is 17.9 Å². The monoisotopic (exact) mass is 713 g/mol. The van der Waals surface area contributed by atoms with E-state index >= 15 is 4.39 Å². The summed E-state index contributed by atoms with van der Waals surface area (Å²) in [5.41, 5.74) is 15.8. The second kappa shape index (κ2) is 14.1. The first-order valence-electron chi connectivity index (χ1n) is 13.9. The molecule has 0 bridgehead atoms. The molecule has 2 amide bonds. The maximum absolute atomic E-state index is 15.2. The summed E-state index contributed by atoms with van der Waals surface area (Å²) >= 11 is 0.913. The first-order chi connectivity index (χ1) is 22.4. The van der Waals surface area contributed by atoms with Crippen molar-refractivity contribution in [2.24, 2.45) is 17.9 Å². The molecule has 3 aromatic rings. The number of thiazole rings is 1. The van der Waals surface area contributed by atoms with E-state index in [-0.39, 0.29) is 27.2 Å². The molecule has 22 heteroatoms. The van der Waals surface area contributed by atoms with Crippen LogP contribution in [0, 0.1) is 5.82 Å². The first-order valence-corrected chi connectivity index (χ1v) is 16.1. The number of carboxylic acid groups (broad SMARTS) is 1. The highest BCUT2D eigenvalue weighted by Crippen LogP contribution is 2.33. The predicted octanol–water partition coefficient (Wildman–Crippen LogP) is -1.16. The highest BCUT2D eigenvalue weighted by atomic mass is 32.3. The summed E-state index contributed by atoms with van der Waals surface area (Å²) in [6.07, 6.45) is 0.537. The van der Waals surface area contributed by atoms with Gasteiger partial charge in [-0.3, -0.25) is 9.59 Å². The van der Waals surface area contributed by atoms with Crippen LogP contribution in [0.1, 0.15) is 26.0 Å². The van der Waals surface area contributed by atoms with Crippen LogP contribution >= 0.6 is 11.3 Å². The van der Waals surface area contributed by atoms with Crippen LogP contribution in [0.5, 0.6) is 5.75 Å². The van der Waals surface area contributed by atoms with Crippen LogP contribution in [0.4, 0.5) is 15.3 Å². The number of β-lactam (4-membered cyclic amide) rings is 1. The van der Waals surface area contributed by atoms with Gasteiger partial charge in [-0.1, -0.05) is 5.16 Å². The van der Waals surface area contributed by atoms with Crippen molar-refractivity contribution in [1.29, 1.82) is 0 Å². The first kappa shape index (κ1) is 35.9. The number of nitrogen functional groups attached to an aromatic ring is 2. The van der Waals surface area contributed by atoms with Crippen LogP contribution < -0.4 is 31.9 Å². The number of nitrogens with zero attached hydrogens (tertiary/aromatic N) is 5. The molecular formula is C26H32FN9O10S2. The van der Waals surface area contributed by atoms with E-state index in [9.17, 15) is 32.5 Å². The number of hydrogen-bond acceptors (Lipinski definition) is 15. The minimum Gasteiger partial charge on any atom is -0.724 e. The van der Waals surface area contributed by atoms with Crippen LogP contribution in [0.15, 0.2) is 34.9 Å². The van der Waals surface area contributed by atoms with Gasteiger partial charge in [0.1, 0.15) is 29.9 Å². The van der Waals surface area contributed by atoms with Gasteiger partial charge in [0.15, 0.2) is 23.2 Å². The number of halogens is 1. The molecule has 0 radical (unpaired) electrons. The van der Waals surface area contributed by atoms with Crippen molar-refractivity contribution in [2.75, 3.05) is 24.6 Å². The summed E-state index contributed by atoms with van der Waals surface area (Å²) in [5.74, 6) is -4.17. The normalized spacial score (nSPS) is 16.7. The van der Waals surface area contributed by atoms with Crippen LogP contribution in [-0.4, -0.2) is 87.1 Å². The molecule has 8 N–H and O–H groups in total. The Hall–Kier alpha value is -4.90. The number of aryl methyl sites for hydroxylation is 1. The predicted molar refractivity (Wildman–Crippen MR) is 164 cm³/mol. The number of rotatable bonds is 15. The standard InChI is InChI=1S/C26H32FN9O10S2/c1-26(2)20(23(38)36(26)46-48(41,42)43)32-22(37)19(17-12-47-25(30)31-17)33-45-18(24(39)40)11-44-13-5-6-14(16(27)9-13)15-10-35(8-4-7-28)34(3)21(15)29/h5-6,9-10,12,18,20,29H,4,7-8,11,28H2,1-3H3,(H5,30,31,32,37,39,40,41,42,43)/b33-19-/t18?,20-/m1/s1. The molecule has 2 aromatic heterocycles. The number of nitrogens with one attached hydrogen (secondary N) is 1. The topological polar surface area (TPSA) is 284 Å². The summed E-state index contributed by atoms with van der Waals surface area (Å²) in [5, 5.41) is 17.3. The van der Waals surface area contributed by atoms with Gasteiger partial charge in [-0.25, -0.2) is 22.6 Å². The minimum atomic E-state index is -5.29. The van der Waals surface area contributed by atoms with Crippen molar-refractivity contribution in [3.05, 3.63) is 41.3 Å². The molecule has 19 nitrogen and oxygen atoms in total. The molecular weight excluding hydrogens is 681 g/mol. The van der Waals surface area contributed by atoms with Gasteiger partial charge in [0, 0.05) is 23.4 Å². The Morgan fingerprint density at radius 3 is 2.58 bits per heavy atom. The third kappa shape index (κ3) is 7.79. The van der Waals surface area contributed by atoms with Crippen molar-refractivity contribution in [3.63, 3.8) is 0 Å². The van der Waals surface area contributed by atoms with Gasteiger partial charge >= 0.3 is 5.97 Å². The summed E-state index contributed by atoms with van der Waals surface area (Å²) in [6, 6.07) is 2.45. The number of carbonyl (C=O) groups excluding carboxylic acids is 2. The quantitative estimate of drug-likeness (QED) is 0.0310. The molecule has 4 rings (SSSR count). The molecule has 0 aliphatic carbocycles. The molecule has 1 aliphatic heterocycles. The molecule has 1 aromatic carbocycles. The maximum atomic E-state index is 15.2. The lowest BCUT2D eigenvalue weighted by Gasteiger charge is -2.51. The number of anilines is 2. The summed E-state index contributed by atoms with van der Waals surface area (Å²) in [4.78, 5) is 46.7. The van der Waals surface area contributed by atoms with E-state index in [4.69, 9.17) is 26.8 Å². The Labute approximate surface area is 276 Å². The molecule has 1 aliphatic rings. The Balaban J connectivity index is 1.49. The number of carboxylic acids is 1. The number of amides is 2. The van der Waals surface area contributed by atoms with E-state index in [0.29, 0.717) is 30.9 Å². The van der Waals surface area contributed by atoms with Gasteiger partial charge in [-0.15, -0.1) is 20.7 Å². The smallest absolute Gasteiger partial charge is 0.351 e. The fourth-order valence-electron chi connectivity index (χ4n) is 4.55. The SMILES string of the molecule is Cn1c(N)c(-c2ccc(OCC(O/N=C(\C(=O)N[C@@H]3C(=O)N(OS(=O)(=O)[O-])C3(C)C)c3csc(N)n3)C(=O)O)cc2F)c[n+]1CCCN. The van der Waals surface area contributed by atoms with Crippen molar-refractivity contribution < 1.29 is 55.4 Å². The zero-order valence-corrected chi connectivity index (χ0v) is 27.3. The van der Waals surface area contributed by atoms with Crippen molar-refractivity contribution in [2.45, 2.75) is 44.5 Å². The number of ether oxygens (including phenoxy) is 1. The average Bonchev–Trinajstić information content (AvgIpc) is 3.56. The number of aromatic nitrogens is 3. The van der Waals surface area contributed by atoms with E-state index < -0.39 is 64.0 Å². The maximum Gasteiger partial charge on any atom is 0.351 e. The number of benzene rings is 1. The number of hydroxylamine groups is 2. The highest BCUT2D eigenvalue weighted by molar-refractivity contribution is 7.80. The Morgan fingerprint density at radius 1 is 1.31 bits per heavy atom. The van der Waals surface area contributed by atoms with Gasteiger partial charge in [0.2, 0.25) is 16.6 Å². The molecule has 3 heterocycles. The molecule has 1 saturated heterocycles. The van der Waals surface area contributed by atoms with Gasteiger partial charge < -0.3 is 41.8 Å². The number of aliphatic carboxylic acids is 1. The van der Waals surface area contributed by atoms with E-state index in [1.165, 1.54) is 31.4 Å². The van der Waals surface area contributed by atoms with E-state index in [2.05, 4.69) is 19.7 Å². The molecule has 260 valence electrons. The second-order valence-corrected chi connectivity index (χ2v) is 12.7. The van der Waals surface area contributed by atoms with E-state index in [1.54, 1.807) is 22.6 Å². The van der Waals surface area contributed by atoms with E-state index in [0.717, 1.165) is 17.4 Å².